The number of pyridine rings is 1. The first kappa shape index (κ1) is 12.6. The number of nitrogens with two attached hydrogens (primary N) is 1. The van der Waals surface area contributed by atoms with Crippen LogP contribution in [0.1, 0.15) is 24.8 Å². The van der Waals surface area contributed by atoms with Gasteiger partial charge in [0.2, 0.25) is 0 Å². The van der Waals surface area contributed by atoms with Crippen molar-refractivity contribution in [3.8, 4) is 0 Å². The first-order valence-electron chi connectivity index (χ1n) is 5.91. The third-order valence-electron chi connectivity index (χ3n) is 3.52. The molecule has 1 fully saturated rings. The van der Waals surface area contributed by atoms with Gasteiger partial charge in [0, 0.05) is 18.6 Å². The van der Waals surface area contributed by atoms with Crippen molar-refractivity contribution in [3.63, 3.8) is 0 Å². The van der Waals surface area contributed by atoms with E-state index < -0.39 is 0 Å². The van der Waals surface area contributed by atoms with E-state index in [1.54, 1.807) is 6.20 Å². The maximum absolute atomic E-state index is 9.29. The Bertz CT molecular complexity index is 411. The van der Waals surface area contributed by atoms with Gasteiger partial charge < -0.3 is 16.2 Å². The molecule has 0 radical (unpaired) electrons. The van der Waals surface area contributed by atoms with Gasteiger partial charge in [-0.05, 0) is 41.3 Å². The summed E-state index contributed by atoms with van der Waals surface area (Å²) in [5, 5.41) is 12.7. The maximum atomic E-state index is 9.29. The summed E-state index contributed by atoms with van der Waals surface area (Å²) in [7, 11) is 0. The molecule has 0 spiro atoms. The van der Waals surface area contributed by atoms with Crippen LogP contribution >= 0.6 is 15.9 Å². The first-order valence-corrected chi connectivity index (χ1v) is 6.70. The second-order valence-electron chi connectivity index (χ2n) is 4.63. The van der Waals surface area contributed by atoms with E-state index in [1.807, 2.05) is 6.92 Å². The molecule has 2 unspecified atom stereocenters. The average Bonchev–Trinajstić information content (AvgIpc) is 2.77. The SMILES string of the molecule is Cc1c(N)cnc(NC2CCCC2CO)c1Br. The van der Waals surface area contributed by atoms with Gasteiger partial charge >= 0.3 is 0 Å². The predicted molar refractivity (Wildman–Crippen MR) is 72.9 cm³/mol. The average molecular weight is 300 g/mol. The van der Waals surface area contributed by atoms with Crippen LogP contribution in [-0.2, 0) is 0 Å². The van der Waals surface area contributed by atoms with E-state index in [0.717, 1.165) is 35.1 Å². The third-order valence-corrected chi connectivity index (χ3v) is 4.49. The number of rotatable bonds is 3. The molecule has 1 aromatic rings. The van der Waals surface area contributed by atoms with Crippen LogP contribution in [0, 0.1) is 12.8 Å². The van der Waals surface area contributed by atoms with E-state index in [9.17, 15) is 5.11 Å². The molecule has 4 N–H and O–H groups in total. The Morgan fingerprint density at radius 1 is 1.59 bits per heavy atom. The van der Waals surface area contributed by atoms with E-state index >= 15 is 0 Å². The molecule has 5 heteroatoms. The zero-order valence-electron chi connectivity index (χ0n) is 9.91. The normalized spacial score (nSPS) is 23.9. The second-order valence-corrected chi connectivity index (χ2v) is 5.42. The van der Waals surface area contributed by atoms with Gasteiger partial charge in [0.25, 0.3) is 0 Å². The summed E-state index contributed by atoms with van der Waals surface area (Å²) in [6.45, 7) is 2.20. The van der Waals surface area contributed by atoms with Gasteiger partial charge in [-0.1, -0.05) is 6.42 Å². The molecule has 1 saturated carbocycles. The van der Waals surface area contributed by atoms with Crippen LogP contribution in [0.5, 0.6) is 0 Å². The van der Waals surface area contributed by atoms with E-state index in [1.165, 1.54) is 0 Å². The van der Waals surface area contributed by atoms with Crippen molar-refractivity contribution >= 4 is 27.4 Å². The van der Waals surface area contributed by atoms with Crippen molar-refractivity contribution in [3.05, 3.63) is 16.2 Å². The van der Waals surface area contributed by atoms with Gasteiger partial charge in [0.05, 0.1) is 16.4 Å². The van der Waals surface area contributed by atoms with Gasteiger partial charge in [-0.3, -0.25) is 0 Å². The predicted octanol–water partition coefficient (Wildman–Crippen LogP) is 2.31. The largest absolute Gasteiger partial charge is 0.397 e. The van der Waals surface area contributed by atoms with Crippen molar-refractivity contribution < 1.29 is 5.11 Å². The molecule has 1 heterocycles. The highest BCUT2D eigenvalue weighted by Crippen LogP contribution is 2.32. The summed E-state index contributed by atoms with van der Waals surface area (Å²) in [5.41, 5.74) is 7.48. The number of aliphatic hydroxyl groups excluding tert-OH is 1. The Kier molecular flexibility index (Phi) is 3.89. The lowest BCUT2D eigenvalue weighted by Gasteiger charge is -2.21. The number of hydrogen-bond donors (Lipinski definition) is 3. The van der Waals surface area contributed by atoms with Crippen LogP contribution in [0.3, 0.4) is 0 Å². The van der Waals surface area contributed by atoms with Crippen molar-refractivity contribution in [2.75, 3.05) is 17.7 Å². The number of nitrogens with zero attached hydrogens (tertiary/aromatic N) is 1. The number of aliphatic hydroxyl groups is 1. The highest BCUT2D eigenvalue weighted by molar-refractivity contribution is 9.10. The number of anilines is 2. The molecule has 2 rings (SSSR count). The van der Waals surface area contributed by atoms with Gasteiger partial charge in [0.1, 0.15) is 5.82 Å². The van der Waals surface area contributed by atoms with Crippen LogP contribution in [0.2, 0.25) is 0 Å². The van der Waals surface area contributed by atoms with E-state index in [4.69, 9.17) is 5.73 Å². The fourth-order valence-electron chi connectivity index (χ4n) is 2.31. The molecule has 0 saturated heterocycles. The van der Waals surface area contributed by atoms with Crippen molar-refractivity contribution in [1.29, 1.82) is 0 Å². The van der Waals surface area contributed by atoms with Gasteiger partial charge in [-0.25, -0.2) is 4.98 Å². The van der Waals surface area contributed by atoms with Gasteiger partial charge in [0.15, 0.2) is 0 Å². The smallest absolute Gasteiger partial charge is 0.140 e. The fourth-order valence-corrected chi connectivity index (χ4v) is 2.76. The molecule has 2 atom stereocenters. The number of nitrogen functional groups attached to an aromatic ring is 1. The van der Waals surface area contributed by atoms with Crippen molar-refractivity contribution in [2.45, 2.75) is 32.2 Å². The molecule has 4 nitrogen and oxygen atoms in total. The summed E-state index contributed by atoms with van der Waals surface area (Å²) in [4.78, 5) is 4.31. The minimum atomic E-state index is 0.239. The van der Waals surface area contributed by atoms with E-state index in [2.05, 4.69) is 26.2 Å². The zero-order chi connectivity index (χ0) is 12.4. The lowest BCUT2D eigenvalue weighted by atomic mass is 10.1. The Balaban J connectivity index is 2.16. The van der Waals surface area contributed by atoms with Crippen LogP contribution < -0.4 is 11.1 Å². The summed E-state index contributed by atoms with van der Waals surface area (Å²) >= 11 is 3.51. The number of hydrogen-bond acceptors (Lipinski definition) is 4. The standard InChI is InChI=1S/C12H18BrN3O/c1-7-9(14)5-15-12(11(7)13)16-10-4-2-3-8(10)6-17/h5,8,10,17H,2-4,6,14H2,1H3,(H,15,16). The molecule has 1 aliphatic rings. The highest BCUT2D eigenvalue weighted by atomic mass is 79.9. The summed E-state index contributed by atoms with van der Waals surface area (Å²) in [6, 6.07) is 0.312. The molecule has 94 valence electrons. The molecule has 1 aromatic heterocycles. The Morgan fingerprint density at radius 2 is 2.35 bits per heavy atom. The number of aromatic nitrogens is 1. The van der Waals surface area contributed by atoms with Gasteiger partial charge in [-0.15, -0.1) is 0 Å². The quantitative estimate of drug-likeness (QED) is 0.801. The minimum absolute atomic E-state index is 0.239. The lowest BCUT2D eigenvalue weighted by Crippen LogP contribution is -2.27. The van der Waals surface area contributed by atoms with E-state index in [-0.39, 0.29) is 6.61 Å². The maximum Gasteiger partial charge on any atom is 0.140 e. The molecular weight excluding hydrogens is 282 g/mol. The van der Waals surface area contributed by atoms with E-state index in [0.29, 0.717) is 17.6 Å². The Morgan fingerprint density at radius 3 is 3.06 bits per heavy atom. The van der Waals surface area contributed by atoms with Crippen LogP contribution in [0.25, 0.3) is 0 Å². The first-order chi connectivity index (χ1) is 8.13. The van der Waals surface area contributed by atoms with Crippen LogP contribution in [0.15, 0.2) is 10.7 Å². The van der Waals surface area contributed by atoms with Crippen LogP contribution in [-0.4, -0.2) is 22.7 Å². The van der Waals surface area contributed by atoms with Crippen molar-refractivity contribution in [2.24, 2.45) is 5.92 Å². The number of halogens is 1. The molecule has 0 aliphatic heterocycles. The zero-order valence-corrected chi connectivity index (χ0v) is 11.5. The number of nitrogens with one attached hydrogen (secondary N) is 1. The van der Waals surface area contributed by atoms with Gasteiger partial charge in [-0.2, -0.15) is 0 Å². The molecule has 1 aliphatic carbocycles. The second kappa shape index (κ2) is 5.23. The summed E-state index contributed by atoms with van der Waals surface area (Å²) < 4.78 is 0.918. The minimum Gasteiger partial charge on any atom is -0.397 e. The molecular formula is C12H18BrN3O. The monoisotopic (exact) mass is 299 g/mol. The molecule has 0 amide bonds. The topological polar surface area (TPSA) is 71.2 Å². The molecule has 17 heavy (non-hydrogen) atoms. The summed E-state index contributed by atoms with van der Waals surface area (Å²) in [6.07, 6.45) is 5.00. The lowest BCUT2D eigenvalue weighted by molar-refractivity contribution is 0.222. The Labute approximate surface area is 110 Å². The van der Waals surface area contributed by atoms with Crippen molar-refractivity contribution in [1.82, 2.24) is 4.98 Å². The third kappa shape index (κ3) is 2.55. The Hall–Kier alpha value is -0.810. The molecule has 0 bridgehead atoms. The fraction of sp³-hybridized carbons (Fsp3) is 0.583. The highest BCUT2D eigenvalue weighted by Gasteiger charge is 2.27. The van der Waals surface area contributed by atoms with Crippen LogP contribution in [0.4, 0.5) is 11.5 Å². The molecule has 0 aromatic carbocycles. The summed E-state index contributed by atoms with van der Waals surface area (Å²) in [5.74, 6) is 1.16.